The summed E-state index contributed by atoms with van der Waals surface area (Å²) in [6.07, 6.45) is 0.932. The molecule has 0 aromatic heterocycles. The average Bonchev–Trinajstić information content (AvgIpc) is 1.65. The van der Waals surface area contributed by atoms with Gasteiger partial charge in [-0.15, -0.1) is 0 Å². The summed E-state index contributed by atoms with van der Waals surface area (Å²) >= 11 is 0. The minimum Gasteiger partial charge on any atom is -0.390 e. The Balaban J connectivity index is 0. The molecule has 0 aliphatic carbocycles. The topological polar surface area (TPSA) is 43.4 Å². The van der Waals surface area contributed by atoms with Crippen LogP contribution in [0.4, 0.5) is 0 Å². The van der Waals surface area contributed by atoms with Crippen LogP contribution in [0, 0.1) is 0 Å². The van der Waals surface area contributed by atoms with Gasteiger partial charge in [0.2, 0.25) is 0 Å². The quantitative estimate of drug-likeness (QED) is 0.251. The van der Waals surface area contributed by atoms with Gasteiger partial charge in [-0.05, 0) is 0 Å². The maximum absolute atomic E-state index is 10.1. The van der Waals surface area contributed by atoms with Crippen molar-refractivity contribution in [3.8, 4) is 0 Å². The molecule has 0 radical (unpaired) electrons. The summed E-state index contributed by atoms with van der Waals surface area (Å²) in [4.78, 5) is 20.0. The fourth-order valence-electron chi connectivity index (χ4n) is 0.183. The first kappa shape index (κ1) is 11.3. The smallest absolute Gasteiger partial charge is 0.337 e. The molecule has 0 aromatic rings. The van der Waals surface area contributed by atoms with E-state index in [4.69, 9.17) is 0 Å². The number of carbonyl (C=O) groups excluding carboxylic acids is 2. The Hall–Kier alpha value is -0.497. The summed E-state index contributed by atoms with van der Waals surface area (Å²) in [5, 5.41) is 0. The second kappa shape index (κ2) is 5.64. The zero-order valence-electron chi connectivity index (χ0n) is 5.22. The fourth-order valence-corrected chi connectivity index (χ4v) is 0.183. The van der Waals surface area contributed by atoms with Crippen molar-refractivity contribution in [1.82, 2.24) is 0 Å². The average molecular weight is 179 g/mol. The third-order valence-electron chi connectivity index (χ3n) is 0.411. The van der Waals surface area contributed by atoms with Gasteiger partial charge < -0.3 is 4.74 Å². The Labute approximate surface area is 65.8 Å². The van der Waals surface area contributed by atoms with Crippen molar-refractivity contribution in [3.05, 3.63) is 12.7 Å². The predicted octanol–water partition coefficient (Wildman–Crippen LogP) is 0.260. The summed E-state index contributed by atoms with van der Waals surface area (Å²) in [6.45, 7) is 4.24. The van der Waals surface area contributed by atoms with Crippen LogP contribution in [-0.4, -0.2) is 11.9 Å². The van der Waals surface area contributed by atoms with Crippen LogP contribution < -0.4 is 0 Å². The molecule has 46 valence electrons. The van der Waals surface area contributed by atoms with E-state index in [1.54, 1.807) is 0 Å². The number of esters is 2. The van der Waals surface area contributed by atoms with Gasteiger partial charge in [-0.3, -0.25) is 4.79 Å². The molecule has 0 amide bonds. The van der Waals surface area contributed by atoms with Gasteiger partial charge in [0.15, 0.2) is 0 Å². The van der Waals surface area contributed by atoms with E-state index < -0.39 is 11.9 Å². The van der Waals surface area contributed by atoms with Crippen molar-refractivity contribution in [2.45, 2.75) is 6.92 Å². The molecule has 3 nitrogen and oxygen atoms in total. The summed E-state index contributed by atoms with van der Waals surface area (Å²) in [6, 6.07) is 0. The van der Waals surface area contributed by atoms with Gasteiger partial charge in [-0.2, -0.15) is 0 Å². The van der Waals surface area contributed by atoms with Crippen LogP contribution in [0.5, 0.6) is 0 Å². The van der Waals surface area contributed by atoms with Crippen LogP contribution in [0.2, 0.25) is 0 Å². The largest absolute Gasteiger partial charge is 0.390 e. The van der Waals surface area contributed by atoms with Gasteiger partial charge >= 0.3 is 11.9 Å². The van der Waals surface area contributed by atoms with Crippen LogP contribution in [0.1, 0.15) is 6.92 Å². The summed E-state index contributed by atoms with van der Waals surface area (Å²) in [5.41, 5.74) is 0. The van der Waals surface area contributed by atoms with Gasteiger partial charge in [0, 0.05) is 32.5 Å². The molecule has 4 heteroatoms. The Kier molecular flexibility index (Phi) is 7.09. The van der Waals surface area contributed by atoms with Crippen molar-refractivity contribution in [3.63, 3.8) is 0 Å². The Morgan fingerprint density at radius 2 is 2.00 bits per heavy atom. The molecule has 9 heavy (non-hydrogen) atoms. The molecule has 0 N–H and O–H groups in total. The molecular weight excluding hydrogens is 173 g/mol. The molecule has 0 aliphatic rings. The van der Waals surface area contributed by atoms with E-state index in [1.807, 2.05) is 0 Å². The molecule has 0 aliphatic heterocycles. The molecule has 0 spiro atoms. The van der Waals surface area contributed by atoms with Crippen molar-refractivity contribution >= 4 is 11.9 Å². The van der Waals surface area contributed by atoms with Crippen LogP contribution in [-0.2, 0) is 33.8 Å². The normalized spacial score (nSPS) is 6.78. The summed E-state index contributed by atoms with van der Waals surface area (Å²) < 4.78 is 4.00. The molecular formula is C5H6O3Zn. The Morgan fingerprint density at radius 3 is 2.11 bits per heavy atom. The summed E-state index contributed by atoms with van der Waals surface area (Å²) in [5.74, 6) is -1.33. The maximum atomic E-state index is 10.1. The van der Waals surface area contributed by atoms with Crippen LogP contribution in [0.15, 0.2) is 12.7 Å². The first-order valence-electron chi connectivity index (χ1n) is 2.01. The third kappa shape index (κ3) is 7.50. The minimum atomic E-state index is -0.711. The van der Waals surface area contributed by atoms with Gasteiger partial charge in [0.05, 0.1) is 0 Å². The number of hydrogen-bond acceptors (Lipinski definition) is 3. The van der Waals surface area contributed by atoms with E-state index in [0.717, 1.165) is 13.0 Å². The van der Waals surface area contributed by atoms with Crippen LogP contribution >= 0.6 is 0 Å². The van der Waals surface area contributed by atoms with E-state index in [1.165, 1.54) is 0 Å². The molecule has 0 unspecified atom stereocenters. The standard InChI is InChI=1S/C5H6O3.Zn/c1-3-5(7)8-4(2)6;/h3H,1H2,2H3;. The molecule has 0 rings (SSSR count). The first-order chi connectivity index (χ1) is 3.66. The van der Waals surface area contributed by atoms with Crippen molar-refractivity contribution in [1.29, 1.82) is 0 Å². The third-order valence-corrected chi connectivity index (χ3v) is 0.411. The Bertz CT molecular complexity index is 130. The van der Waals surface area contributed by atoms with Crippen molar-refractivity contribution < 1.29 is 33.8 Å². The Morgan fingerprint density at radius 1 is 1.56 bits per heavy atom. The number of rotatable bonds is 1. The molecule has 0 aromatic carbocycles. The molecule has 0 fully saturated rings. The zero-order chi connectivity index (χ0) is 6.57. The SMILES string of the molecule is C=CC(=O)OC(C)=O.[Zn]. The maximum Gasteiger partial charge on any atom is 0.337 e. The monoisotopic (exact) mass is 178 g/mol. The minimum absolute atomic E-state index is 0. The van der Waals surface area contributed by atoms with E-state index in [9.17, 15) is 9.59 Å². The van der Waals surface area contributed by atoms with Crippen LogP contribution in [0.25, 0.3) is 0 Å². The van der Waals surface area contributed by atoms with Gasteiger partial charge in [0.1, 0.15) is 0 Å². The van der Waals surface area contributed by atoms with E-state index in [-0.39, 0.29) is 19.5 Å². The van der Waals surface area contributed by atoms with Crippen LogP contribution in [0.3, 0.4) is 0 Å². The molecule has 0 heterocycles. The molecule has 0 saturated heterocycles. The van der Waals surface area contributed by atoms with E-state index >= 15 is 0 Å². The predicted molar refractivity (Wildman–Crippen MR) is 27.0 cm³/mol. The first-order valence-corrected chi connectivity index (χ1v) is 2.01. The van der Waals surface area contributed by atoms with Gasteiger partial charge in [-0.25, -0.2) is 4.79 Å². The molecule has 0 bridgehead atoms. The molecule has 0 saturated carbocycles. The second-order valence-electron chi connectivity index (χ2n) is 1.12. The molecule has 0 atom stereocenters. The number of hydrogen-bond donors (Lipinski definition) is 0. The zero-order valence-corrected chi connectivity index (χ0v) is 8.18. The number of carbonyl (C=O) groups is 2. The van der Waals surface area contributed by atoms with Crippen molar-refractivity contribution in [2.75, 3.05) is 0 Å². The second-order valence-corrected chi connectivity index (χ2v) is 1.12. The van der Waals surface area contributed by atoms with Gasteiger partial charge in [0.25, 0.3) is 0 Å². The van der Waals surface area contributed by atoms with E-state index in [0.29, 0.717) is 0 Å². The fraction of sp³-hybridized carbons (Fsp3) is 0.200. The summed E-state index contributed by atoms with van der Waals surface area (Å²) in [7, 11) is 0. The number of ether oxygens (including phenoxy) is 1. The van der Waals surface area contributed by atoms with E-state index in [2.05, 4.69) is 11.3 Å². The van der Waals surface area contributed by atoms with Gasteiger partial charge in [-0.1, -0.05) is 6.58 Å². The van der Waals surface area contributed by atoms with Crippen molar-refractivity contribution in [2.24, 2.45) is 0 Å².